The highest BCUT2D eigenvalue weighted by Gasteiger charge is 2.20. The maximum atomic E-state index is 12.3. The third-order valence-electron chi connectivity index (χ3n) is 4.33. The van der Waals surface area contributed by atoms with Crippen LogP contribution in [0.1, 0.15) is 39.0 Å². The molecule has 0 unspecified atom stereocenters. The summed E-state index contributed by atoms with van der Waals surface area (Å²) in [4.78, 5) is 27.7. The molecule has 1 aliphatic carbocycles. The van der Waals surface area contributed by atoms with Crippen molar-refractivity contribution in [1.29, 1.82) is 0 Å². The van der Waals surface area contributed by atoms with Crippen molar-refractivity contribution in [3.05, 3.63) is 24.3 Å². The van der Waals surface area contributed by atoms with Gasteiger partial charge in [-0.3, -0.25) is 9.59 Å². The van der Waals surface area contributed by atoms with Crippen LogP contribution in [0.15, 0.2) is 24.3 Å². The molecule has 0 radical (unpaired) electrons. The first-order valence-corrected chi connectivity index (χ1v) is 8.32. The van der Waals surface area contributed by atoms with Crippen LogP contribution in [0.3, 0.4) is 0 Å². The summed E-state index contributed by atoms with van der Waals surface area (Å²) in [6, 6.07) is 7.92. The van der Waals surface area contributed by atoms with Gasteiger partial charge in [-0.2, -0.15) is 0 Å². The van der Waals surface area contributed by atoms with E-state index in [-0.39, 0.29) is 24.4 Å². The highest BCUT2D eigenvalue weighted by molar-refractivity contribution is 5.97. The van der Waals surface area contributed by atoms with Crippen LogP contribution in [0.4, 0.5) is 11.4 Å². The molecule has 1 aliphatic rings. The topological polar surface area (TPSA) is 52.7 Å². The second-order valence-electron chi connectivity index (χ2n) is 6.42. The van der Waals surface area contributed by atoms with Gasteiger partial charge >= 0.3 is 0 Å². The number of hydrogen-bond donors (Lipinski definition) is 1. The van der Waals surface area contributed by atoms with Crippen LogP contribution in [0, 0.1) is 0 Å². The third-order valence-corrected chi connectivity index (χ3v) is 4.33. The van der Waals surface area contributed by atoms with Crippen molar-refractivity contribution in [2.45, 2.75) is 45.1 Å². The monoisotopic (exact) mass is 317 g/mol. The number of rotatable bonds is 5. The molecule has 0 heterocycles. The minimum Gasteiger partial charge on any atom is -0.378 e. The Morgan fingerprint density at radius 3 is 2.13 bits per heavy atom. The van der Waals surface area contributed by atoms with Gasteiger partial charge in [-0.05, 0) is 37.1 Å². The molecule has 0 aromatic heterocycles. The summed E-state index contributed by atoms with van der Waals surface area (Å²) in [7, 11) is 3.94. The van der Waals surface area contributed by atoms with E-state index < -0.39 is 0 Å². The predicted octanol–water partition coefficient (Wildman–Crippen LogP) is 2.55. The number of benzene rings is 1. The van der Waals surface area contributed by atoms with Gasteiger partial charge in [-0.25, -0.2) is 0 Å². The van der Waals surface area contributed by atoms with Crippen LogP contribution < -0.4 is 15.1 Å². The Balaban J connectivity index is 2.00. The number of carbonyl (C=O) groups excluding carboxylic acids is 2. The zero-order valence-electron chi connectivity index (χ0n) is 14.3. The van der Waals surface area contributed by atoms with E-state index in [0.717, 1.165) is 24.2 Å². The smallest absolute Gasteiger partial charge is 0.240 e. The van der Waals surface area contributed by atoms with E-state index in [1.54, 1.807) is 0 Å². The third kappa shape index (κ3) is 4.98. The number of hydrogen-bond acceptors (Lipinski definition) is 3. The Morgan fingerprint density at radius 2 is 1.61 bits per heavy atom. The van der Waals surface area contributed by atoms with E-state index >= 15 is 0 Å². The van der Waals surface area contributed by atoms with Crippen molar-refractivity contribution >= 4 is 23.2 Å². The van der Waals surface area contributed by atoms with Crippen molar-refractivity contribution in [2.24, 2.45) is 0 Å². The molecule has 1 aromatic carbocycles. The second kappa shape index (κ2) is 7.99. The lowest BCUT2D eigenvalue weighted by Gasteiger charge is -2.26. The first kappa shape index (κ1) is 17.3. The Labute approximate surface area is 138 Å². The van der Waals surface area contributed by atoms with Crippen molar-refractivity contribution in [3.63, 3.8) is 0 Å². The van der Waals surface area contributed by atoms with Crippen LogP contribution in [0.25, 0.3) is 0 Å². The average molecular weight is 317 g/mol. The molecule has 1 fully saturated rings. The molecule has 0 atom stereocenters. The molecule has 23 heavy (non-hydrogen) atoms. The molecule has 126 valence electrons. The SMILES string of the molecule is CC(=O)N(CC(=O)NC1CCCCC1)c1ccc(N(C)C)cc1. The van der Waals surface area contributed by atoms with Crippen LogP contribution in [-0.2, 0) is 9.59 Å². The molecule has 1 N–H and O–H groups in total. The minimum atomic E-state index is -0.124. The number of nitrogens with one attached hydrogen (secondary N) is 1. The highest BCUT2D eigenvalue weighted by Crippen LogP contribution is 2.20. The quantitative estimate of drug-likeness (QED) is 0.908. The van der Waals surface area contributed by atoms with Crippen LogP contribution in [0.2, 0.25) is 0 Å². The molecule has 1 saturated carbocycles. The van der Waals surface area contributed by atoms with Gasteiger partial charge in [0.05, 0.1) is 0 Å². The molecule has 1 aromatic rings. The zero-order valence-corrected chi connectivity index (χ0v) is 14.3. The standard InChI is InChI=1S/C18H27N3O2/c1-14(22)21(17-11-9-16(10-12-17)20(2)3)13-18(23)19-15-7-5-4-6-8-15/h9-12,15H,4-8,13H2,1-3H3,(H,19,23). The molecule has 2 rings (SSSR count). The molecule has 5 heteroatoms. The molecular formula is C18H27N3O2. The molecule has 5 nitrogen and oxygen atoms in total. The largest absolute Gasteiger partial charge is 0.378 e. The fourth-order valence-corrected chi connectivity index (χ4v) is 2.98. The molecule has 0 saturated heterocycles. The van der Waals surface area contributed by atoms with Gasteiger partial charge in [0.15, 0.2) is 0 Å². The lowest BCUT2D eigenvalue weighted by Crippen LogP contribution is -2.44. The molecule has 0 aliphatic heterocycles. The Morgan fingerprint density at radius 1 is 1.04 bits per heavy atom. The summed E-state index contributed by atoms with van der Waals surface area (Å²) in [6.45, 7) is 1.57. The first-order valence-electron chi connectivity index (χ1n) is 8.32. The number of nitrogens with zero attached hydrogens (tertiary/aromatic N) is 2. The summed E-state index contributed by atoms with van der Waals surface area (Å²) in [5.74, 6) is -0.204. The Hall–Kier alpha value is -2.04. The van der Waals surface area contributed by atoms with Gasteiger partial charge in [0.2, 0.25) is 11.8 Å². The highest BCUT2D eigenvalue weighted by atomic mass is 16.2. The molecule has 2 amide bonds. The summed E-state index contributed by atoms with van der Waals surface area (Å²) < 4.78 is 0. The average Bonchev–Trinajstić information content (AvgIpc) is 2.53. The Bertz CT molecular complexity index is 534. The van der Waals surface area contributed by atoms with Gasteiger partial charge in [0, 0.05) is 38.4 Å². The van der Waals surface area contributed by atoms with E-state index in [2.05, 4.69) is 5.32 Å². The van der Waals surface area contributed by atoms with Crippen LogP contribution in [0.5, 0.6) is 0 Å². The Kier molecular flexibility index (Phi) is 6.02. The maximum Gasteiger partial charge on any atom is 0.240 e. The molecular weight excluding hydrogens is 290 g/mol. The van der Waals surface area contributed by atoms with Gasteiger partial charge in [0.25, 0.3) is 0 Å². The summed E-state index contributed by atoms with van der Waals surface area (Å²) in [5.41, 5.74) is 1.81. The van der Waals surface area contributed by atoms with E-state index in [1.165, 1.54) is 31.1 Å². The lowest BCUT2D eigenvalue weighted by molar-refractivity contribution is -0.123. The van der Waals surface area contributed by atoms with Gasteiger partial charge in [-0.15, -0.1) is 0 Å². The number of anilines is 2. The maximum absolute atomic E-state index is 12.3. The van der Waals surface area contributed by atoms with Crippen molar-refractivity contribution < 1.29 is 9.59 Å². The van der Waals surface area contributed by atoms with Crippen molar-refractivity contribution in [3.8, 4) is 0 Å². The van der Waals surface area contributed by atoms with Gasteiger partial charge in [-0.1, -0.05) is 19.3 Å². The fraction of sp³-hybridized carbons (Fsp3) is 0.556. The van der Waals surface area contributed by atoms with Crippen molar-refractivity contribution in [2.75, 3.05) is 30.4 Å². The van der Waals surface area contributed by atoms with Crippen molar-refractivity contribution in [1.82, 2.24) is 5.32 Å². The zero-order chi connectivity index (χ0) is 16.8. The van der Waals surface area contributed by atoms with Crippen LogP contribution >= 0.6 is 0 Å². The van der Waals surface area contributed by atoms with Gasteiger partial charge in [0.1, 0.15) is 6.54 Å². The van der Waals surface area contributed by atoms with E-state index in [1.807, 2.05) is 43.3 Å². The van der Waals surface area contributed by atoms with Crippen LogP contribution in [-0.4, -0.2) is 38.5 Å². The summed E-state index contributed by atoms with van der Waals surface area (Å²) >= 11 is 0. The van der Waals surface area contributed by atoms with Gasteiger partial charge < -0.3 is 15.1 Å². The minimum absolute atomic E-state index is 0.0765. The summed E-state index contributed by atoms with van der Waals surface area (Å²) in [5, 5.41) is 3.06. The molecule has 0 bridgehead atoms. The first-order chi connectivity index (χ1) is 11.0. The van der Waals surface area contributed by atoms with E-state index in [0.29, 0.717) is 0 Å². The number of carbonyl (C=O) groups is 2. The lowest BCUT2D eigenvalue weighted by atomic mass is 9.95. The fourth-order valence-electron chi connectivity index (χ4n) is 2.98. The normalized spacial score (nSPS) is 15.1. The van der Waals surface area contributed by atoms with E-state index in [9.17, 15) is 9.59 Å². The molecule has 0 spiro atoms. The summed E-state index contributed by atoms with van der Waals surface area (Å²) in [6.07, 6.45) is 5.69. The second-order valence-corrected chi connectivity index (χ2v) is 6.42. The number of amides is 2. The van der Waals surface area contributed by atoms with E-state index in [4.69, 9.17) is 0 Å². The predicted molar refractivity (Wildman–Crippen MR) is 93.8 cm³/mol.